The van der Waals surface area contributed by atoms with Gasteiger partial charge in [0.05, 0.1) is 11.9 Å². The Labute approximate surface area is 118 Å². The second-order valence-electron chi connectivity index (χ2n) is 5.77. The average molecular weight is 265 g/mol. The number of aryl methyl sites for hydroxylation is 2. The van der Waals surface area contributed by atoms with Gasteiger partial charge in [-0.1, -0.05) is 64.5 Å². The number of hydrogen-bond donors (Lipinski definition) is 0. The summed E-state index contributed by atoms with van der Waals surface area (Å²) in [5, 5.41) is 8.29. The Bertz CT molecular complexity index is 320. The van der Waals surface area contributed by atoms with E-state index < -0.39 is 0 Å². The molecule has 1 aromatic heterocycles. The minimum absolute atomic E-state index is 0.803. The van der Waals surface area contributed by atoms with Gasteiger partial charge in [-0.15, -0.1) is 5.10 Å². The van der Waals surface area contributed by atoms with Crippen molar-refractivity contribution >= 4 is 0 Å². The molecule has 3 nitrogen and oxygen atoms in total. The van der Waals surface area contributed by atoms with Gasteiger partial charge in [0.15, 0.2) is 0 Å². The van der Waals surface area contributed by atoms with Crippen molar-refractivity contribution in [3.05, 3.63) is 11.9 Å². The highest BCUT2D eigenvalue weighted by molar-refractivity contribution is 4.94. The van der Waals surface area contributed by atoms with E-state index in [0.29, 0.717) is 0 Å². The van der Waals surface area contributed by atoms with E-state index in [1.807, 2.05) is 6.20 Å². The fourth-order valence-corrected chi connectivity index (χ4v) is 2.30. The maximum Gasteiger partial charge on any atom is 0.0725 e. The number of rotatable bonds is 11. The highest BCUT2D eigenvalue weighted by atomic mass is 15.4. The molecule has 0 amide bonds. The van der Waals surface area contributed by atoms with Crippen LogP contribution in [0.3, 0.4) is 0 Å². The molecule has 3 heteroatoms. The van der Waals surface area contributed by atoms with E-state index in [0.717, 1.165) is 18.9 Å². The van der Waals surface area contributed by atoms with Gasteiger partial charge in [-0.05, 0) is 25.2 Å². The molecule has 0 aliphatic heterocycles. The Kier molecular flexibility index (Phi) is 8.52. The van der Waals surface area contributed by atoms with Crippen molar-refractivity contribution < 1.29 is 0 Å². The van der Waals surface area contributed by atoms with Crippen molar-refractivity contribution in [1.29, 1.82) is 0 Å². The molecule has 0 saturated heterocycles. The molecule has 110 valence electrons. The molecule has 1 heterocycles. The molecule has 0 aliphatic carbocycles. The van der Waals surface area contributed by atoms with Crippen LogP contribution < -0.4 is 0 Å². The largest absolute Gasteiger partial charge is 0.249 e. The maximum atomic E-state index is 4.22. The Morgan fingerprint density at radius 3 is 2.58 bits per heavy atom. The molecule has 1 unspecified atom stereocenters. The van der Waals surface area contributed by atoms with Gasteiger partial charge in [-0.2, -0.15) is 0 Å². The van der Waals surface area contributed by atoms with Gasteiger partial charge < -0.3 is 0 Å². The van der Waals surface area contributed by atoms with Crippen molar-refractivity contribution in [1.82, 2.24) is 15.0 Å². The average Bonchev–Trinajstić information content (AvgIpc) is 2.87. The first kappa shape index (κ1) is 16.2. The van der Waals surface area contributed by atoms with Crippen molar-refractivity contribution in [3.63, 3.8) is 0 Å². The molecule has 0 N–H and O–H groups in total. The van der Waals surface area contributed by atoms with Crippen molar-refractivity contribution in [2.24, 2.45) is 5.92 Å². The number of hydrogen-bond acceptors (Lipinski definition) is 2. The molecule has 0 aromatic carbocycles. The summed E-state index contributed by atoms with van der Waals surface area (Å²) in [4.78, 5) is 0. The first-order valence-corrected chi connectivity index (χ1v) is 8.15. The van der Waals surface area contributed by atoms with Crippen LogP contribution in [-0.4, -0.2) is 15.0 Å². The Morgan fingerprint density at radius 2 is 1.84 bits per heavy atom. The van der Waals surface area contributed by atoms with E-state index >= 15 is 0 Å². The van der Waals surface area contributed by atoms with Crippen LogP contribution in [0.15, 0.2) is 6.20 Å². The maximum absolute atomic E-state index is 4.22. The highest BCUT2D eigenvalue weighted by Gasteiger charge is 2.06. The SMILES string of the molecule is CCCCCCCCn1nncc1CCC(C)CC. The van der Waals surface area contributed by atoms with Gasteiger partial charge in [0.1, 0.15) is 0 Å². The van der Waals surface area contributed by atoms with Crippen LogP contribution in [0.25, 0.3) is 0 Å². The lowest BCUT2D eigenvalue weighted by Gasteiger charge is -2.09. The first-order valence-electron chi connectivity index (χ1n) is 8.15. The molecule has 0 fully saturated rings. The zero-order valence-electron chi connectivity index (χ0n) is 13.1. The topological polar surface area (TPSA) is 30.7 Å². The fourth-order valence-electron chi connectivity index (χ4n) is 2.30. The van der Waals surface area contributed by atoms with Crippen molar-refractivity contribution in [2.45, 2.75) is 85.1 Å². The van der Waals surface area contributed by atoms with Crippen LogP contribution in [-0.2, 0) is 13.0 Å². The van der Waals surface area contributed by atoms with Gasteiger partial charge in [0.25, 0.3) is 0 Å². The highest BCUT2D eigenvalue weighted by Crippen LogP contribution is 2.12. The number of aromatic nitrogens is 3. The third-order valence-electron chi connectivity index (χ3n) is 4.01. The Hall–Kier alpha value is -0.860. The molecule has 1 rings (SSSR count). The van der Waals surface area contributed by atoms with Gasteiger partial charge in [0, 0.05) is 6.54 Å². The number of unbranched alkanes of at least 4 members (excludes halogenated alkanes) is 5. The van der Waals surface area contributed by atoms with Gasteiger partial charge in [-0.3, -0.25) is 0 Å². The summed E-state index contributed by atoms with van der Waals surface area (Å²) in [5.74, 6) is 0.803. The minimum Gasteiger partial charge on any atom is -0.249 e. The zero-order valence-corrected chi connectivity index (χ0v) is 13.1. The second kappa shape index (κ2) is 9.99. The zero-order chi connectivity index (χ0) is 13.9. The molecule has 1 aromatic rings. The third kappa shape index (κ3) is 6.74. The lowest BCUT2D eigenvalue weighted by atomic mass is 10.0. The van der Waals surface area contributed by atoms with Crippen LogP contribution in [0.4, 0.5) is 0 Å². The summed E-state index contributed by atoms with van der Waals surface area (Å²) in [6.07, 6.45) is 13.6. The molecule has 1 atom stereocenters. The van der Waals surface area contributed by atoms with Gasteiger partial charge in [0.2, 0.25) is 0 Å². The monoisotopic (exact) mass is 265 g/mol. The summed E-state index contributed by atoms with van der Waals surface area (Å²) >= 11 is 0. The van der Waals surface area contributed by atoms with Crippen LogP contribution in [0, 0.1) is 5.92 Å². The molecule has 0 bridgehead atoms. The van der Waals surface area contributed by atoms with E-state index in [1.165, 1.54) is 57.1 Å². The molecule has 19 heavy (non-hydrogen) atoms. The quantitative estimate of drug-likeness (QED) is 0.547. The van der Waals surface area contributed by atoms with E-state index in [4.69, 9.17) is 0 Å². The minimum atomic E-state index is 0.803. The molecule has 0 saturated carbocycles. The van der Waals surface area contributed by atoms with E-state index in [2.05, 4.69) is 35.8 Å². The van der Waals surface area contributed by atoms with E-state index in [-0.39, 0.29) is 0 Å². The summed E-state index contributed by atoms with van der Waals surface area (Å²) in [6, 6.07) is 0. The second-order valence-corrected chi connectivity index (χ2v) is 5.77. The summed E-state index contributed by atoms with van der Waals surface area (Å²) in [6.45, 7) is 7.89. The van der Waals surface area contributed by atoms with Crippen LogP contribution >= 0.6 is 0 Å². The molecule has 0 radical (unpaired) electrons. The molecule has 0 aliphatic rings. The molecular weight excluding hydrogens is 234 g/mol. The number of nitrogens with zero attached hydrogens (tertiary/aromatic N) is 3. The molecular formula is C16H31N3. The summed E-state index contributed by atoms with van der Waals surface area (Å²) < 4.78 is 2.11. The predicted octanol–water partition coefficient (Wildman–Crippen LogP) is 4.62. The Morgan fingerprint density at radius 1 is 1.11 bits per heavy atom. The van der Waals surface area contributed by atoms with Gasteiger partial charge in [-0.25, -0.2) is 4.68 Å². The standard InChI is InChI=1S/C16H31N3/c1-4-6-7-8-9-10-13-19-16(14-17-18-19)12-11-15(3)5-2/h14-15H,4-13H2,1-3H3. The lowest BCUT2D eigenvalue weighted by Crippen LogP contribution is -2.07. The van der Waals surface area contributed by atoms with E-state index in [1.54, 1.807) is 0 Å². The van der Waals surface area contributed by atoms with Crippen LogP contribution in [0.2, 0.25) is 0 Å². The first-order chi connectivity index (χ1) is 9.27. The summed E-state index contributed by atoms with van der Waals surface area (Å²) in [7, 11) is 0. The third-order valence-corrected chi connectivity index (χ3v) is 4.01. The molecule has 0 spiro atoms. The smallest absolute Gasteiger partial charge is 0.0725 e. The predicted molar refractivity (Wildman–Crippen MR) is 81.2 cm³/mol. The normalized spacial score (nSPS) is 12.8. The van der Waals surface area contributed by atoms with E-state index in [9.17, 15) is 0 Å². The fraction of sp³-hybridized carbons (Fsp3) is 0.875. The lowest BCUT2D eigenvalue weighted by molar-refractivity contribution is 0.475. The van der Waals surface area contributed by atoms with Crippen LogP contribution in [0.5, 0.6) is 0 Å². The summed E-state index contributed by atoms with van der Waals surface area (Å²) in [5.41, 5.74) is 1.31. The van der Waals surface area contributed by atoms with Crippen molar-refractivity contribution in [2.75, 3.05) is 0 Å². The Balaban J connectivity index is 2.21. The van der Waals surface area contributed by atoms with Gasteiger partial charge >= 0.3 is 0 Å². The van der Waals surface area contributed by atoms with Crippen molar-refractivity contribution in [3.8, 4) is 0 Å². The van der Waals surface area contributed by atoms with Crippen LogP contribution in [0.1, 0.15) is 77.8 Å².